The predicted octanol–water partition coefficient (Wildman–Crippen LogP) is 4.77. The fourth-order valence-corrected chi connectivity index (χ4v) is 3.00. The number of carbonyl (C=O) groups is 1. The topological polar surface area (TPSA) is 41.5 Å². The zero-order valence-corrected chi connectivity index (χ0v) is 14.5. The Labute approximate surface area is 147 Å². The van der Waals surface area contributed by atoms with Gasteiger partial charge in [-0.1, -0.05) is 41.4 Å². The Morgan fingerprint density at radius 2 is 2.00 bits per heavy atom. The van der Waals surface area contributed by atoms with E-state index in [2.05, 4.69) is 10.5 Å². The predicted molar refractivity (Wildman–Crippen MR) is 93.9 cm³/mol. The van der Waals surface area contributed by atoms with Crippen molar-refractivity contribution in [3.63, 3.8) is 0 Å². The third-order valence-electron chi connectivity index (χ3n) is 2.86. The van der Waals surface area contributed by atoms with Gasteiger partial charge in [-0.05, 0) is 31.2 Å². The largest absolute Gasteiger partial charge is 0.272 e. The van der Waals surface area contributed by atoms with E-state index in [-0.39, 0.29) is 17.5 Å². The van der Waals surface area contributed by atoms with Crippen molar-refractivity contribution in [2.75, 3.05) is 5.75 Å². The molecule has 2 aromatic carbocycles. The minimum atomic E-state index is -0.349. The van der Waals surface area contributed by atoms with E-state index in [9.17, 15) is 9.18 Å². The summed E-state index contributed by atoms with van der Waals surface area (Å²) in [5, 5.41) is 4.98. The molecule has 0 aromatic heterocycles. The highest BCUT2D eigenvalue weighted by atomic mass is 35.5. The quantitative estimate of drug-likeness (QED) is 0.468. The van der Waals surface area contributed by atoms with Crippen molar-refractivity contribution in [3.05, 3.63) is 63.9 Å². The lowest BCUT2D eigenvalue weighted by atomic mass is 10.1. The van der Waals surface area contributed by atoms with Crippen molar-refractivity contribution < 1.29 is 9.18 Å². The van der Waals surface area contributed by atoms with Crippen molar-refractivity contribution in [1.82, 2.24) is 5.43 Å². The number of carbonyl (C=O) groups excluding carboxylic acids is 1. The molecule has 0 saturated carbocycles. The van der Waals surface area contributed by atoms with Gasteiger partial charge in [0.2, 0.25) is 5.91 Å². The molecule has 0 aliphatic rings. The van der Waals surface area contributed by atoms with Crippen molar-refractivity contribution in [3.8, 4) is 0 Å². The maximum Gasteiger partial charge on any atom is 0.250 e. The molecule has 1 amide bonds. The van der Waals surface area contributed by atoms with Gasteiger partial charge in [0.25, 0.3) is 0 Å². The summed E-state index contributed by atoms with van der Waals surface area (Å²) in [6, 6.07) is 11.3. The van der Waals surface area contributed by atoms with Gasteiger partial charge in [0, 0.05) is 15.5 Å². The van der Waals surface area contributed by atoms with Crippen molar-refractivity contribution in [2.24, 2.45) is 5.10 Å². The minimum absolute atomic E-state index is 0.0616. The highest BCUT2D eigenvalue weighted by Crippen LogP contribution is 2.22. The molecule has 0 aliphatic carbocycles. The fraction of sp³-hybridized carbons (Fsp3) is 0.125. The van der Waals surface area contributed by atoms with Crippen LogP contribution < -0.4 is 5.43 Å². The molecule has 0 aliphatic heterocycles. The molecule has 7 heteroatoms. The second kappa shape index (κ2) is 8.34. The Kier molecular flexibility index (Phi) is 6.45. The van der Waals surface area contributed by atoms with Crippen LogP contribution >= 0.6 is 35.0 Å². The molecule has 2 rings (SSSR count). The number of nitrogens with zero attached hydrogens (tertiary/aromatic N) is 1. The second-order valence-corrected chi connectivity index (χ2v) is 6.44. The molecule has 0 atom stereocenters. The Balaban J connectivity index is 1.94. The van der Waals surface area contributed by atoms with Gasteiger partial charge >= 0.3 is 0 Å². The van der Waals surface area contributed by atoms with Gasteiger partial charge in [0.05, 0.1) is 16.5 Å². The van der Waals surface area contributed by atoms with Gasteiger partial charge < -0.3 is 0 Å². The van der Waals surface area contributed by atoms with Crippen molar-refractivity contribution in [1.29, 1.82) is 0 Å². The number of amides is 1. The van der Waals surface area contributed by atoms with Crippen LogP contribution in [0.3, 0.4) is 0 Å². The number of hydrogen-bond donors (Lipinski definition) is 1. The summed E-state index contributed by atoms with van der Waals surface area (Å²) in [7, 11) is 0. The smallest absolute Gasteiger partial charge is 0.250 e. The first-order valence-corrected chi connectivity index (χ1v) is 8.37. The summed E-state index contributed by atoms with van der Waals surface area (Å²) >= 11 is 13.0. The lowest BCUT2D eigenvalue weighted by Crippen LogP contribution is -2.21. The van der Waals surface area contributed by atoms with Crippen molar-refractivity contribution >= 4 is 46.6 Å². The minimum Gasteiger partial charge on any atom is -0.272 e. The summed E-state index contributed by atoms with van der Waals surface area (Å²) in [6.07, 6.45) is 0. The normalized spacial score (nSPS) is 11.4. The van der Waals surface area contributed by atoms with E-state index in [0.717, 1.165) is 11.8 Å². The van der Waals surface area contributed by atoms with E-state index >= 15 is 0 Å². The fourth-order valence-electron chi connectivity index (χ4n) is 1.73. The first-order valence-electron chi connectivity index (χ1n) is 6.63. The first-order chi connectivity index (χ1) is 11.0. The lowest BCUT2D eigenvalue weighted by Gasteiger charge is -2.06. The molecule has 0 fully saturated rings. The number of halogens is 3. The van der Waals surface area contributed by atoms with Gasteiger partial charge in [0.15, 0.2) is 0 Å². The van der Waals surface area contributed by atoms with E-state index in [1.165, 1.54) is 6.07 Å². The molecule has 2 aromatic rings. The van der Waals surface area contributed by atoms with E-state index in [0.29, 0.717) is 26.2 Å². The van der Waals surface area contributed by atoms with Crippen LogP contribution in [0.5, 0.6) is 0 Å². The zero-order chi connectivity index (χ0) is 16.8. The molecule has 23 heavy (non-hydrogen) atoms. The van der Waals surface area contributed by atoms with E-state index < -0.39 is 0 Å². The number of hydrazone groups is 1. The average molecular weight is 371 g/mol. The van der Waals surface area contributed by atoms with Crippen LogP contribution in [-0.4, -0.2) is 17.4 Å². The molecular weight excluding hydrogens is 358 g/mol. The van der Waals surface area contributed by atoms with Crippen LogP contribution in [0, 0.1) is 5.82 Å². The monoisotopic (exact) mass is 370 g/mol. The summed E-state index contributed by atoms with van der Waals surface area (Å²) in [5.41, 5.74) is 3.66. The van der Waals surface area contributed by atoms with E-state index in [1.54, 1.807) is 43.3 Å². The molecule has 0 saturated heterocycles. The highest BCUT2D eigenvalue weighted by molar-refractivity contribution is 8.00. The van der Waals surface area contributed by atoms with Crippen LogP contribution in [0.25, 0.3) is 0 Å². The third kappa shape index (κ3) is 5.23. The maximum absolute atomic E-state index is 13.4. The lowest BCUT2D eigenvalue weighted by molar-refractivity contribution is -0.118. The Hall–Kier alpha value is -1.56. The summed E-state index contributed by atoms with van der Waals surface area (Å²) in [5.74, 6) is -0.618. The van der Waals surface area contributed by atoms with E-state index in [1.807, 2.05) is 0 Å². The van der Waals surface area contributed by atoms with Gasteiger partial charge in [0.1, 0.15) is 5.82 Å². The maximum atomic E-state index is 13.4. The average Bonchev–Trinajstić information content (AvgIpc) is 2.52. The van der Waals surface area contributed by atoms with E-state index in [4.69, 9.17) is 23.2 Å². The van der Waals surface area contributed by atoms with Crippen LogP contribution in [0.2, 0.25) is 10.0 Å². The van der Waals surface area contributed by atoms with Crippen LogP contribution in [0.1, 0.15) is 12.5 Å². The molecule has 0 spiro atoms. The Bertz CT molecular complexity index is 753. The molecule has 3 nitrogen and oxygen atoms in total. The molecule has 0 unspecified atom stereocenters. The number of thioether (sulfide) groups is 1. The van der Waals surface area contributed by atoms with Crippen LogP contribution in [0.15, 0.2) is 52.5 Å². The Morgan fingerprint density at radius 3 is 2.70 bits per heavy atom. The molecule has 120 valence electrons. The SMILES string of the molecule is C/C(=N/NC(=O)CSc1ccccc1F)c1ccc(Cl)cc1Cl. The third-order valence-corrected chi connectivity index (χ3v) is 4.46. The molecule has 0 radical (unpaired) electrons. The standard InChI is InChI=1S/C16H13Cl2FN2OS/c1-10(12-7-6-11(17)8-13(12)18)20-21-16(22)9-23-15-5-3-2-4-14(15)19/h2-8H,9H2,1H3,(H,21,22)/b20-10-. The number of benzene rings is 2. The van der Waals surface area contributed by atoms with Gasteiger partial charge in [-0.3, -0.25) is 4.79 Å². The number of hydrogen-bond acceptors (Lipinski definition) is 3. The highest BCUT2D eigenvalue weighted by Gasteiger charge is 2.08. The molecule has 1 N–H and O–H groups in total. The summed E-state index contributed by atoms with van der Waals surface area (Å²) in [6.45, 7) is 1.72. The number of rotatable bonds is 5. The first kappa shape index (κ1) is 17.8. The molecular formula is C16H13Cl2FN2OS. The Morgan fingerprint density at radius 1 is 1.26 bits per heavy atom. The van der Waals surface area contributed by atoms with Crippen LogP contribution in [-0.2, 0) is 4.79 Å². The molecule has 0 heterocycles. The second-order valence-electron chi connectivity index (χ2n) is 4.58. The van der Waals surface area contributed by atoms with Gasteiger partial charge in [-0.15, -0.1) is 11.8 Å². The van der Waals surface area contributed by atoms with Gasteiger partial charge in [-0.2, -0.15) is 5.10 Å². The zero-order valence-electron chi connectivity index (χ0n) is 12.1. The van der Waals surface area contributed by atoms with Crippen molar-refractivity contribution in [2.45, 2.75) is 11.8 Å². The number of nitrogens with one attached hydrogen (secondary N) is 1. The molecule has 0 bridgehead atoms. The summed E-state index contributed by atoms with van der Waals surface area (Å²) < 4.78 is 13.4. The van der Waals surface area contributed by atoms with Gasteiger partial charge in [-0.25, -0.2) is 9.82 Å². The van der Waals surface area contributed by atoms with Crippen LogP contribution in [0.4, 0.5) is 4.39 Å². The summed E-state index contributed by atoms with van der Waals surface area (Å²) in [4.78, 5) is 12.2.